The predicted octanol–water partition coefficient (Wildman–Crippen LogP) is 3.63. The largest absolute Gasteiger partial charge is 0.497 e. The van der Waals surface area contributed by atoms with Crippen molar-refractivity contribution in [2.45, 2.75) is 13.8 Å². The van der Waals surface area contributed by atoms with Crippen molar-refractivity contribution in [2.75, 3.05) is 7.11 Å². The van der Waals surface area contributed by atoms with Crippen LogP contribution in [0.5, 0.6) is 5.75 Å². The molecule has 3 rings (SSSR count). The number of aromatic nitrogens is 2. The van der Waals surface area contributed by atoms with E-state index in [-0.39, 0.29) is 0 Å². The standard InChI is InChI=1S/C16H16N2O/c1-11-5-4-8-18-10-15(17-16(11)18)14-7-6-13(19-3)9-12(14)2/h4-10H,1-3H3. The van der Waals surface area contributed by atoms with Crippen molar-refractivity contribution in [3.05, 3.63) is 53.9 Å². The van der Waals surface area contributed by atoms with Crippen LogP contribution in [0.1, 0.15) is 11.1 Å². The highest BCUT2D eigenvalue weighted by Gasteiger charge is 2.08. The first-order valence-electron chi connectivity index (χ1n) is 6.28. The van der Waals surface area contributed by atoms with Gasteiger partial charge >= 0.3 is 0 Å². The molecule has 0 aliphatic heterocycles. The quantitative estimate of drug-likeness (QED) is 0.696. The number of nitrogens with zero attached hydrogens (tertiary/aromatic N) is 2. The van der Waals surface area contributed by atoms with Gasteiger partial charge in [-0.3, -0.25) is 0 Å². The van der Waals surface area contributed by atoms with Crippen molar-refractivity contribution in [1.29, 1.82) is 0 Å². The van der Waals surface area contributed by atoms with E-state index in [4.69, 9.17) is 9.72 Å². The van der Waals surface area contributed by atoms with Crippen LogP contribution in [0.2, 0.25) is 0 Å². The van der Waals surface area contributed by atoms with Crippen molar-refractivity contribution in [3.8, 4) is 17.0 Å². The highest BCUT2D eigenvalue weighted by molar-refractivity contribution is 5.68. The zero-order chi connectivity index (χ0) is 13.4. The Kier molecular flexibility index (Phi) is 2.75. The zero-order valence-corrected chi connectivity index (χ0v) is 11.3. The minimum absolute atomic E-state index is 0.876. The topological polar surface area (TPSA) is 26.5 Å². The molecule has 0 radical (unpaired) electrons. The van der Waals surface area contributed by atoms with Crippen LogP contribution < -0.4 is 4.74 Å². The molecule has 2 heterocycles. The smallest absolute Gasteiger partial charge is 0.140 e. The van der Waals surface area contributed by atoms with Gasteiger partial charge in [0.05, 0.1) is 12.8 Å². The van der Waals surface area contributed by atoms with Gasteiger partial charge in [0.25, 0.3) is 0 Å². The lowest BCUT2D eigenvalue weighted by molar-refractivity contribution is 0.414. The van der Waals surface area contributed by atoms with E-state index >= 15 is 0 Å². The van der Waals surface area contributed by atoms with E-state index < -0.39 is 0 Å². The van der Waals surface area contributed by atoms with Gasteiger partial charge in [-0.25, -0.2) is 4.98 Å². The van der Waals surface area contributed by atoms with Crippen molar-refractivity contribution >= 4 is 5.65 Å². The summed E-state index contributed by atoms with van der Waals surface area (Å²) >= 11 is 0. The zero-order valence-electron chi connectivity index (χ0n) is 11.3. The maximum Gasteiger partial charge on any atom is 0.140 e. The Morgan fingerprint density at radius 3 is 2.63 bits per heavy atom. The van der Waals surface area contributed by atoms with Gasteiger partial charge in [-0.15, -0.1) is 0 Å². The highest BCUT2D eigenvalue weighted by atomic mass is 16.5. The molecule has 0 spiro atoms. The number of benzene rings is 1. The van der Waals surface area contributed by atoms with Crippen molar-refractivity contribution in [2.24, 2.45) is 0 Å². The molecular weight excluding hydrogens is 236 g/mol. The van der Waals surface area contributed by atoms with Crippen LogP contribution in [0.4, 0.5) is 0 Å². The number of aryl methyl sites for hydroxylation is 2. The predicted molar refractivity (Wildman–Crippen MR) is 76.7 cm³/mol. The van der Waals surface area contributed by atoms with E-state index in [0.717, 1.165) is 22.7 Å². The molecule has 0 saturated carbocycles. The fraction of sp³-hybridized carbons (Fsp3) is 0.188. The molecule has 3 heteroatoms. The summed E-state index contributed by atoms with van der Waals surface area (Å²) in [5.74, 6) is 0.876. The third kappa shape index (κ3) is 1.97. The second-order valence-electron chi connectivity index (χ2n) is 4.73. The monoisotopic (exact) mass is 252 g/mol. The number of rotatable bonds is 2. The van der Waals surface area contributed by atoms with Crippen LogP contribution in [0.25, 0.3) is 16.9 Å². The van der Waals surface area contributed by atoms with Crippen molar-refractivity contribution in [3.63, 3.8) is 0 Å². The molecule has 2 aromatic heterocycles. The number of imidazole rings is 1. The van der Waals surface area contributed by atoms with Crippen LogP contribution in [0.3, 0.4) is 0 Å². The molecule has 0 aliphatic carbocycles. The average molecular weight is 252 g/mol. The van der Waals surface area contributed by atoms with Gasteiger partial charge in [0, 0.05) is 18.0 Å². The maximum absolute atomic E-state index is 5.24. The highest BCUT2D eigenvalue weighted by Crippen LogP contribution is 2.26. The summed E-state index contributed by atoms with van der Waals surface area (Å²) in [5.41, 5.74) is 5.49. The molecule has 0 fully saturated rings. The van der Waals surface area contributed by atoms with Gasteiger partial charge in [-0.2, -0.15) is 0 Å². The molecule has 0 amide bonds. The summed E-state index contributed by atoms with van der Waals surface area (Å²) in [6, 6.07) is 10.2. The SMILES string of the molecule is COc1ccc(-c2cn3cccc(C)c3n2)c(C)c1. The van der Waals surface area contributed by atoms with Crippen LogP contribution in [0.15, 0.2) is 42.7 Å². The summed E-state index contributed by atoms with van der Waals surface area (Å²) in [5, 5.41) is 0. The molecule has 0 N–H and O–H groups in total. The van der Waals surface area contributed by atoms with Gasteiger partial charge in [0.15, 0.2) is 0 Å². The molecule has 0 aliphatic rings. The number of hydrogen-bond donors (Lipinski definition) is 0. The van der Waals surface area contributed by atoms with E-state index in [9.17, 15) is 0 Å². The molecule has 0 saturated heterocycles. The molecule has 3 aromatic rings. The van der Waals surface area contributed by atoms with Crippen LogP contribution in [0, 0.1) is 13.8 Å². The fourth-order valence-corrected chi connectivity index (χ4v) is 2.33. The molecule has 19 heavy (non-hydrogen) atoms. The van der Waals surface area contributed by atoms with Gasteiger partial charge in [-0.1, -0.05) is 6.07 Å². The number of pyridine rings is 1. The summed E-state index contributed by atoms with van der Waals surface area (Å²) in [6.45, 7) is 4.15. The van der Waals surface area contributed by atoms with E-state index in [2.05, 4.69) is 36.6 Å². The molecular formula is C16H16N2O. The second kappa shape index (κ2) is 4.43. The van der Waals surface area contributed by atoms with Gasteiger partial charge < -0.3 is 9.14 Å². The summed E-state index contributed by atoms with van der Waals surface area (Å²) in [6.07, 6.45) is 4.09. The summed E-state index contributed by atoms with van der Waals surface area (Å²) in [7, 11) is 1.68. The molecule has 96 valence electrons. The Hall–Kier alpha value is -2.29. The molecule has 0 atom stereocenters. The number of hydrogen-bond acceptors (Lipinski definition) is 2. The minimum Gasteiger partial charge on any atom is -0.497 e. The Labute approximate surface area is 112 Å². The van der Waals surface area contributed by atoms with Crippen molar-refractivity contribution in [1.82, 2.24) is 9.38 Å². The Morgan fingerprint density at radius 2 is 1.95 bits per heavy atom. The van der Waals surface area contributed by atoms with Crippen LogP contribution in [-0.4, -0.2) is 16.5 Å². The number of fused-ring (bicyclic) bond motifs is 1. The van der Waals surface area contributed by atoms with Gasteiger partial charge in [-0.05, 0) is 49.2 Å². The second-order valence-corrected chi connectivity index (χ2v) is 4.73. The minimum atomic E-state index is 0.876. The lowest BCUT2D eigenvalue weighted by Gasteiger charge is -2.05. The average Bonchev–Trinajstić information content (AvgIpc) is 2.83. The van der Waals surface area contributed by atoms with Gasteiger partial charge in [0.2, 0.25) is 0 Å². The maximum atomic E-state index is 5.24. The van der Waals surface area contributed by atoms with E-state index in [1.165, 1.54) is 11.1 Å². The Bertz CT molecular complexity index is 744. The summed E-state index contributed by atoms with van der Waals surface area (Å²) in [4.78, 5) is 4.72. The first-order chi connectivity index (χ1) is 9.19. The molecule has 0 unspecified atom stereocenters. The summed E-state index contributed by atoms with van der Waals surface area (Å²) < 4.78 is 7.30. The van der Waals surface area contributed by atoms with E-state index in [1.54, 1.807) is 7.11 Å². The lowest BCUT2D eigenvalue weighted by atomic mass is 10.1. The third-order valence-electron chi connectivity index (χ3n) is 3.39. The number of methoxy groups -OCH3 is 1. The van der Waals surface area contributed by atoms with E-state index in [0.29, 0.717) is 0 Å². The van der Waals surface area contributed by atoms with Gasteiger partial charge in [0.1, 0.15) is 11.4 Å². The van der Waals surface area contributed by atoms with Crippen LogP contribution >= 0.6 is 0 Å². The Morgan fingerprint density at radius 1 is 1.11 bits per heavy atom. The molecule has 3 nitrogen and oxygen atoms in total. The van der Waals surface area contributed by atoms with Crippen molar-refractivity contribution < 1.29 is 4.74 Å². The normalized spacial score (nSPS) is 10.9. The molecule has 0 bridgehead atoms. The Balaban J connectivity index is 2.16. The van der Waals surface area contributed by atoms with E-state index in [1.807, 2.05) is 24.4 Å². The molecule has 1 aromatic carbocycles. The first-order valence-corrected chi connectivity index (χ1v) is 6.28. The fourth-order valence-electron chi connectivity index (χ4n) is 2.33. The third-order valence-corrected chi connectivity index (χ3v) is 3.39. The number of ether oxygens (including phenoxy) is 1. The first kappa shape index (κ1) is 11.8. The lowest BCUT2D eigenvalue weighted by Crippen LogP contribution is -1.87. The van der Waals surface area contributed by atoms with Crippen LogP contribution in [-0.2, 0) is 0 Å².